The second kappa shape index (κ2) is 7.21. The fourth-order valence-corrected chi connectivity index (χ4v) is 3.15. The number of nitrogens with one attached hydrogen (secondary N) is 1. The molecule has 0 heterocycles. The number of aliphatic carboxylic acids is 1. The normalized spacial score (nSPS) is 12.2. The van der Waals surface area contributed by atoms with Gasteiger partial charge < -0.3 is 5.11 Å². The maximum absolute atomic E-state index is 12.2. The Labute approximate surface area is 119 Å². The Kier molecular flexibility index (Phi) is 5.91. The standard InChI is InChI=1S/C14H19NO4S/c1-3-12(4-2)15-20(18,19)13-7-5-6-11(10-13)8-9-14(16)17/h5-10,12,15H,3-4H2,1-2H3,(H,16,17). The summed E-state index contributed by atoms with van der Waals surface area (Å²) >= 11 is 0. The SMILES string of the molecule is CCC(CC)NS(=O)(=O)c1cccc(C=CC(=O)O)c1. The Morgan fingerprint density at radius 3 is 2.55 bits per heavy atom. The number of carboxylic acids is 1. The Morgan fingerprint density at radius 2 is 2.00 bits per heavy atom. The molecule has 0 saturated carbocycles. The molecule has 0 amide bonds. The molecule has 0 saturated heterocycles. The molecule has 6 heteroatoms. The minimum absolute atomic E-state index is 0.0989. The van der Waals surface area contributed by atoms with Crippen LogP contribution in [-0.2, 0) is 14.8 Å². The molecule has 0 aromatic heterocycles. The Bertz CT molecular complexity index is 589. The second-order valence-electron chi connectivity index (χ2n) is 4.38. The number of hydrogen-bond acceptors (Lipinski definition) is 3. The molecule has 0 aliphatic heterocycles. The lowest BCUT2D eigenvalue weighted by Crippen LogP contribution is -2.33. The van der Waals surface area contributed by atoms with Gasteiger partial charge in [0.05, 0.1) is 4.90 Å². The molecular formula is C14H19NO4S. The quantitative estimate of drug-likeness (QED) is 0.756. The van der Waals surface area contributed by atoms with Crippen molar-refractivity contribution in [1.82, 2.24) is 4.72 Å². The van der Waals surface area contributed by atoms with Gasteiger partial charge in [-0.3, -0.25) is 0 Å². The average molecular weight is 297 g/mol. The van der Waals surface area contributed by atoms with E-state index in [0.717, 1.165) is 6.08 Å². The van der Waals surface area contributed by atoms with Crippen LogP contribution in [-0.4, -0.2) is 25.5 Å². The van der Waals surface area contributed by atoms with Crippen molar-refractivity contribution in [2.75, 3.05) is 0 Å². The first-order valence-electron chi connectivity index (χ1n) is 6.42. The third-order valence-corrected chi connectivity index (χ3v) is 4.41. The van der Waals surface area contributed by atoms with Gasteiger partial charge >= 0.3 is 5.97 Å². The van der Waals surface area contributed by atoms with Gasteiger partial charge in [-0.15, -0.1) is 0 Å². The lowest BCUT2D eigenvalue weighted by Gasteiger charge is -2.15. The van der Waals surface area contributed by atoms with E-state index in [-0.39, 0.29) is 10.9 Å². The highest BCUT2D eigenvalue weighted by molar-refractivity contribution is 7.89. The predicted octanol–water partition coefficient (Wildman–Crippen LogP) is 2.25. The summed E-state index contributed by atoms with van der Waals surface area (Å²) in [6.45, 7) is 3.84. The van der Waals surface area contributed by atoms with Crippen LogP contribution in [0.15, 0.2) is 35.2 Å². The van der Waals surface area contributed by atoms with Crippen molar-refractivity contribution in [3.63, 3.8) is 0 Å². The zero-order chi connectivity index (χ0) is 15.2. The van der Waals surface area contributed by atoms with Crippen LogP contribution in [0.25, 0.3) is 6.08 Å². The van der Waals surface area contributed by atoms with E-state index in [1.54, 1.807) is 12.1 Å². The van der Waals surface area contributed by atoms with Crippen LogP contribution in [0.4, 0.5) is 0 Å². The van der Waals surface area contributed by atoms with Gasteiger partial charge in [-0.05, 0) is 36.6 Å². The van der Waals surface area contributed by atoms with Crippen molar-refractivity contribution in [2.24, 2.45) is 0 Å². The maximum Gasteiger partial charge on any atom is 0.328 e. The summed E-state index contributed by atoms with van der Waals surface area (Å²) in [5.74, 6) is -1.08. The van der Waals surface area contributed by atoms with Crippen molar-refractivity contribution in [3.8, 4) is 0 Å². The lowest BCUT2D eigenvalue weighted by atomic mass is 10.2. The third-order valence-electron chi connectivity index (χ3n) is 2.89. The van der Waals surface area contributed by atoms with Crippen LogP contribution >= 0.6 is 0 Å². The van der Waals surface area contributed by atoms with E-state index in [1.807, 2.05) is 13.8 Å². The van der Waals surface area contributed by atoms with Crippen LogP contribution in [0.2, 0.25) is 0 Å². The average Bonchev–Trinajstić information content (AvgIpc) is 2.43. The predicted molar refractivity (Wildman–Crippen MR) is 77.8 cm³/mol. The van der Waals surface area contributed by atoms with Gasteiger partial charge in [0.25, 0.3) is 0 Å². The van der Waals surface area contributed by atoms with Crippen LogP contribution in [0.5, 0.6) is 0 Å². The van der Waals surface area contributed by atoms with Gasteiger partial charge in [0.15, 0.2) is 0 Å². The largest absolute Gasteiger partial charge is 0.478 e. The Balaban J connectivity index is 3.01. The number of carboxylic acid groups (broad SMARTS) is 1. The first-order valence-corrected chi connectivity index (χ1v) is 7.90. The number of carbonyl (C=O) groups is 1. The van der Waals surface area contributed by atoms with Crippen LogP contribution in [0.3, 0.4) is 0 Å². The van der Waals surface area contributed by atoms with E-state index >= 15 is 0 Å². The van der Waals surface area contributed by atoms with Crippen molar-refractivity contribution in [1.29, 1.82) is 0 Å². The van der Waals surface area contributed by atoms with Crippen LogP contribution < -0.4 is 4.72 Å². The highest BCUT2D eigenvalue weighted by atomic mass is 32.2. The van der Waals surface area contributed by atoms with E-state index in [0.29, 0.717) is 18.4 Å². The molecule has 0 aliphatic carbocycles. The third kappa shape index (κ3) is 4.79. The maximum atomic E-state index is 12.2. The Hall–Kier alpha value is -1.66. The van der Waals surface area contributed by atoms with Gasteiger partial charge in [-0.2, -0.15) is 0 Å². The van der Waals surface area contributed by atoms with Crippen LogP contribution in [0.1, 0.15) is 32.3 Å². The minimum atomic E-state index is -3.58. The van der Waals surface area contributed by atoms with Crippen molar-refractivity contribution >= 4 is 22.1 Å². The van der Waals surface area contributed by atoms with Gasteiger partial charge in [0.1, 0.15) is 0 Å². The molecule has 0 fully saturated rings. The molecule has 110 valence electrons. The molecule has 0 radical (unpaired) electrons. The van der Waals surface area contributed by atoms with Crippen molar-refractivity contribution in [2.45, 2.75) is 37.6 Å². The number of rotatable bonds is 7. The molecule has 0 unspecified atom stereocenters. The summed E-state index contributed by atoms with van der Waals surface area (Å²) in [5, 5.41) is 8.57. The molecule has 1 aromatic rings. The van der Waals surface area contributed by atoms with E-state index in [9.17, 15) is 13.2 Å². The topological polar surface area (TPSA) is 83.5 Å². The van der Waals surface area contributed by atoms with Crippen molar-refractivity contribution in [3.05, 3.63) is 35.9 Å². The van der Waals surface area contributed by atoms with Crippen LogP contribution in [0, 0.1) is 0 Å². The summed E-state index contributed by atoms with van der Waals surface area (Å²) in [6.07, 6.45) is 3.77. The summed E-state index contributed by atoms with van der Waals surface area (Å²) in [4.78, 5) is 10.6. The molecule has 5 nitrogen and oxygen atoms in total. The molecule has 0 bridgehead atoms. The Morgan fingerprint density at radius 1 is 1.35 bits per heavy atom. The summed E-state index contributed by atoms with van der Waals surface area (Å²) < 4.78 is 27.0. The highest BCUT2D eigenvalue weighted by Gasteiger charge is 2.17. The summed E-state index contributed by atoms with van der Waals surface area (Å²) in [5.41, 5.74) is 0.528. The number of benzene rings is 1. The zero-order valence-corrected chi connectivity index (χ0v) is 12.4. The number of sulfonamides is 1. The first-order chi connectivity index (χ1) is 9.39. The zero-order valence-electron chi connectivity index (χ0n) is 11.5. The summed E-state index contributed by atoms with van der Waals surface area (Å²) in [7, 11) is -3.58. The fraction of sp³-hybridized carbons (Fsp3) is 0.357. The molecular weight excluding hydrogens is 278 g/mol. The van der Waals surface area contributed by atoms with Gasteiger partial charge in [0, 0.05) is 12.1 Å². The van der Waals surface area contributed by atoms with E-state index in [1.165, 1.54) is 18.2 Å². The van der Waals surface area contributed by atoms with E-state index in [2.05, 4.69) is 4.72 Å². The van der Waals surface area contributed by atoms with Gasteiger partial charge in [0.2, 0.25) is 10.0 Å². The lowest BCUT2D eigenvalue weighted by molar-refractivity contribution is -0.131. The molecule has 0 spiro atoms. The molecule has 0 aliphatic rings. The van der Waals surface area contributed by atoms with E-state index < -0.39 is 16.0 Å². The van der Waals surface area contributed by atoms with E-state index in [4.69, 9.17) is 5.11 Å². The first kappa shape index (κ1) is 16.4. The minimum Gasteiger partial charge on any atom is -0.478 e. The molecule has 1 rings (SSSR count). The van der Waals surface area contributed by atoms with Crippen molar-refractivity contribution < 1.29 is 18.3 Å². The number of hydrogen-bond donors (Lipinski definition) is 2. The molecule has 1 aromatic carbocycles. The monoisotopic (exact) mass is 297 g/mol. The highest BCUT2D eigenvalue weighted by Crippen LogP contribution is 2.14. The summed E-state index contributed by atoms with van der Waals surface area (Å²) in [6, 6.07) is 6.07. The van der Waals surface area contributed by atoms with Gasteiger partial charge in [-0.25, -0.2) is 17.9 Å². The van der Waals surface area contributed by atoms with Gasteiger partial charge in [-0.1, -0.05) is 26.0 Å². The molecule has 20 heavy (non-hydrogen) atoms. The fourth-order valence-electron chi connectivity index (χ4n) is 1.70. The smallest absolute Gasteiger partial charge is 0.328 e. The second-order valence-corrected chi connectivity index (χ2v) is 6.09. The molecule has 2 N–H and O–H groups in total. The molecule has 0 atom stereocenters.